The highest BCUT2D eigenvalue weighted by atomic mass is 16.5. The summed E-state index contributed by atoms with van der Waals surface area (Å²) < 4.78 is 5.39. The summed E-state index contributed by atoms with van der Waals surface area (Å²) >= 11 is 0. The molecule has 3 aromatic rings. The summed E-state index contributed by atoms with van der Waals surface area (Å²) in [5.74, 6) is -0.978. The number of anilines is 1. The van der Waals surface area contributed by atoms with E-state index in [0.717, 1.165) is 63.8 Å². The van der Waals surface area contributed by atoms with Crippen molar-refractivity contribution in [1.82, 2.24) is 10.3 Å². The Morgan fingerprint density at radius 1 is 1.06 bits per heavy atom. The Morgan fingerprint density at radius 2 is 1.77 bits per heavy atom. The van der Waals surface area contributed by atoms with E-state index in [1.807, 2.05) is 57.2 Å². The molecule has 4 rings (SSSR count). The van der Waals surface area contributed by atoms with Gasteiger partial charge < -0.3 is 15.4 Å². The smallest absolute Gasteiger partial charge is 0.339 e. The Bertz CT molecular complexity index is 1290. The highest BCUT2D eigenvalue weighted by Crippen LogP contribution is 2.32. The van der Waals surface area contributed by atoms with Gasteiger partial charge in [0, 0.05) is 16.8 Å². The Morgan fingerprint density at radius 3 is 2.51 bits per heavy atom. The number of hydrogen-bond donors (Lipinski definition) is 2. The molecule has 1 aliphatic rings. The summed E-state index contributed by atoms with van der Waals surface area (Å²) in [5.41, 5.74) is 6.85. The van der Waals surface area contributed by atoms with Gasteiger partial charge in [0.1, 0.15) is 0 Å². The van der Waals surface area contributed by atoms with Gasteiger partial charge in [0.15, 0.2) is 6.61 Å². The molecule has 7 heteroatoms. The zero-order valence-corrected chi connectivity index (χ0v) is 20.7. The molecular formula is C28H31N3O4. The average molecular weight is 474 g/mol. The first kappa shape index (κ1) is 24.4. The lowest BCUT2D eigenvalue weighted by Gasteiger charge is -2.24. The van der Waals surface area contributed by atoms with Crippen molar-refractivity contribution in [3.63, 3.8) is 0 Å². The van der Waals surface area contributed by atoms with Crippen molar-refractivity contribution in [2.24, 2.45) is 5.92 Å². The normalized spacial score (nSPS) is 14.8. The van der Waals surface area contributed by atoms with Gasteiger partial charge in [-0.25, -0.2) is 4.79 Å². The summed E-state index contributed by atoms with van der Waals surface area (Å²) in [6, 6.07) is 11.5. The quantitative estimate of drug-likeness (QED) is 0.523. The zero-order chi connectivity index (χ0) is 25.1. The van der Waals surface area contributed by atoms with Crippen LogP contribution in [0, 0.1) is 26.7 Å². The first-order chi connectivity index (χ1) is 16.7. The van der Waals surface area contributed by atoms with Crippen LogP contribution in [0.3, 0.4) is 0 Å². The monoisotopic (exact) mass is 473 g/mol. The minimum Gasteiger partial charge on any atom is -0.452 e. The van der Waals surface area contributed by atoms with E-state index in [-0.39, 0.29) is 12.5 Å². The number of amides is 2. The predicted molar refractivity (Wildman–Crippen MR) is 136 cm³/mol. The Kier molecular flexibility index (Phi) is 7.15. The molecule has 0 fully saturated rings. The molecule has 1 unspecified atom stereocenters. The summed E-state index contributed by atoms with van der Waals surface area (Å²) in [4.78, 5) is 42.6. The number of esters is 1. The van der Waals surface area contributed by atoms with Gasteiger partial charge >= 0.3 is 5.97 Å². The van der Waals surface area contributed by atoms with Crippen LogP contribution in [-0.2, 0) is 27.2 Å². The molecule has 35 heavy (non-hydrogen) atoms. The van der Waals surface area contributed by atoms with Crippen LogP contribution >= 0.6 is 0 Å². The summed E-state index contributed by atoms with van der Waals surface area (Å²) in [6.07, 6.45) is 2.60. The Labute approximate surface area is 205 Å². The molecule has 2 amide bonds. The SMILES string of the molecule is Cc1cc(C)c(NC(=O)CNC(=O)COC(=O)c2c3c(nc4ccccc24)CCC(C)C3)c(C)c1. The lowest BCUT2D eigenvalue weighted by molar-refractivity contribution is -0.126. The van der Waals surface area contributed by atoms with Crippen LogP contribution in [0.25, 0.3) is 10.9 Å². The van der Waals surface area contributed by atoms with E-state index in [4.69, 9.17) is 9.72 Å². The van der Waals surface area contributed by atoms with E-state index < -0.39 is 18.5 Å². The van der Waals surface area contributed by atoms with Gasteiger partial charge in [-0.2, -0.15) is 0 Å². The van der Waals surface area contributed by atoms with E-state index in [1.165, 1.54) is 0 Å². The van der Waals surface area contributed by atoms with Crippen molar-refractivity contribution in [1.29, 1.82) is 0 Å². The third-order valence-electron chi connectivity index (χ3n) is 6.43. The molecule has 0 saturated carbocycles. The fraction of sp³-hybridized carbons (Fsp3) is 0.357. The van der Waals surface area contributed by atoms with Crippen molar-refractivity contribution in [3.05, 3.63) is 69.9 Å². The number of fused-ring (bicyclic) bond motifs is 2. The number of carbonyl (C=O) groups is 3. The second-order valence-corrected chi connectivity index (χ2v) is 9.45. The van der Waals surface area contributed by atoms with Crippen LogP contribution in [0.15, 0.2) is 36.4 Å². The fourth-order valence-electron chi connectivity index (χ4n) is 4.79. The highest BCUT2D eigenvalue weighted by molar-refractivity contribution is 6.05. The average Bonchev–Trinajstić information content (AvgIpc) is 2.82. The van der Waals surface area contributed by atoms with Crippen LogP contribution in [0.1, 0.15) is 51.7 Å². The highest BCUT2D eigenvalue weighted by Gasteiger charge is 2.26. The van der Waals surface area contributed by atoms with E-state index in [1.54, 1.807) is 0 Å². The molecule has 2 N–H and O–H groups in total. The number of nitrogens with zero attached hydrogens (tertiary/aromatic N) is 1. The van der Waals surface area contributed by atoms with E-state index in [2.05, 4.69) is 17.6 Å². The molecule has 0 aliphatic heterocycles. The van der Waals surface area contributed by atoms with Gasteiger partial charge in [-0.3, -0.25) is 14.6 Å². The van der Waals surface area contributed by atoms with Gasteiger partial charge in [-0.15, -0.1) is 0 Å². The molecule has 0 saturated heterocycles. The number of carbonyl (C=O) groups excluding carboxylic acids is 3. The number of aromatic nitrogens is 1. The van der Waals surface area contributed by atoms with Crippen LogP contribution in [0.5, 0.6) is 0 Å². The van der Waals surface area contributed by atoms with Crippen molar-refractivity contribution >= 4 is 34.4 Å². The molecule has 0 radical (unpaired) electrons. The number of hydrogen-bond acceptors (Lipinski definition) is 5. The summed E-state index contributed by atoms with van der Waals surface area (Å²) in [5, 5.41) is 6.10. The molecule has 0 spiro atoms. The van der Waals surface area contributed by atoms with Crippen molar-refractivity contribution in [3.8, 4) is 0 Å². The molecule has 2 aromatic carbocycles. The lowest BCUT2D eigenvalue weighted by Crippen LogP contribution is -2.36. The van der Waals surface area contributed by atoms with Crippen molar-refractivity contribution in [2.45, 2.75) is 47.0 Å². The Hall–Kier alpha value is -3.74. The largest absolute Gasteiger partial charge is 0.452 e. The van der Waals surface area contributed by atoms with Crippen LogP contribution in [0.4, 0.5) is 5.69 Å². The third kappa shape index (κ3) is 5.50. The van der Waals surface area contributed by atoms with E-state index in [9.17, 15) is 14.4 Å². The van der Waals surface area contributed by atoms with Crippen molar-refractivity contribution in [2.75, 3.05) is 18.5 Å². The maximum absolute atomic E-state index is 13.1. The molecule has 0 bridgehead atoms. The summed E-state index contributed by atoms with van der Waals surface area (Å²) in [6.45, 7) is 7.33. The molecule has 7 nitrogen and oxygen atoms in total. The summed E-state index contributed by atoms with van der Waals surface area (Å²) in [7, 11) is 0. The van der Waals surface area contributed by atoms with Gasteiger partial charge in [0.05, 0.1) is 17.6 Å². The topological polar surface area (TPSA) is 97.4 Å². The lowest BCUT2D eigenvalue weighted by atomic mass is 9.84. The second kappa shape index (κ2) is 10.3. The standard InChI is InChI=1S/C28H31N3O4/c1-16-9-10-23-21(13-16)26(20-7-5-6-8-22(20)30-23)28(34)35-15-25(33)29-14-24(32)31-27-18(3)11-17(2)12-19(27)4/h5-8,11-12,16H,9-10,13-15H2,1-4H3,(H,29,33)(H,31,32). The first-order valence-corrected chi connectivity index (χ1v) is 11.9. The van der Waals surface area contributed by atoms with Gasteiger partial charge in [-0.1, -0.05) is 42.8 Å². The molecule has 1 aliphatic carbocycles. The molecular weight excluding hydrogens is 442 g/mol. The number of pyridine rings is 1. The number of benzene rings is 2. The Balaban J connectivity index is 1.39. The number of aryl methyl sites for hydroxylation is 4. The van der Waals surface area contributed by atoms with Gasteiger partial charge in [0.2, 0.25) is 5.91 Å². The van der Waals surface area contributed by atoms with Crippen LogP contribution in [0.2, 0.25) is 0 Å². The molecule has 182 valence electrons. The van der Waals surface area contributed by atoms with E-state index in [0.29, 0.717) is 11.5 Å². The number of rotatable bonds is 6. The molecule has 1 heterocycles. The minimum absolute atomic E-state index is 0.214. The zero-order valence-electron chi connectivity index (χ0n) is 20.7. The predicted octanol–water partition coefficient (Wildman–Crippen LogP) is 4.20. The molecule has 1 atom stereocenters. The van der Waals surface area contributed by atoms with Crippen molar-refractivity contribution < 1.29 is 19.1 Å². The number of ether oxygens (including phenoxy) is 1. The third-order valence-corrected chi connectivity index (χ3v) is 6.43. The van der Waals surface area contributed by atoms with Gasteiger partial charge in [0.25, 0.3) is 5.91 Å². The van der Waals surface area contributed by atoms with Crippen LogP contribution < -0.4 is 10.6 Å². The second-order valence-electron chi connectivity index (χ2n) is 9.45. The first-order valence-electron chi connectivity index (χ1n) is 11.9. The number of para-hydroxylation sites is 1. The maximum atomic E-state index is 13.1. The molecule has 1 aromatic heterocycles. The van der Waals surface area contributed by atoms with Crippen LogP contribution in [-0.4, -0.2) is 35.9 Å². The maximum Gasteiger partial charge on any atom is 0.339 e. The fourth-order valence-corrected chi connectivity index (χ4v) is 4.79. The minimum atomic E-state index is -0.542. The van der Waals surface area contributed by atoms with E-state index >= 15 is 0 Å². The van der Waals surface area contributed by atoms with Gasteiger partial charge in [-0.05, 0) is 68.7 Å². The number of nitrogens with one attached hydrogen (secondary N) is 2.